The average Bonchev–Trinajstić information content (AvgIpc) is 2.85. The third-order valence-corrected chi connectivity index (χ3v) is 5.50. The fourth-order valence-electron chi connectivity index (χ4n) is 3.68. The Labute approximate surface area is 166 Å². The predicted octanol–water partition coefficient (Wildman–Crippen LogP) is 6.14. The second kappa shape index (κ2) is 7.58. The number of nitrogens with zero attached hydrogens (tertiary/aromatic N) is 1. The Balaban J connectivity index is 1.92. The van der Waals surface area contributed by atoms with Crippen molar-refractivity contribution < 1.29 is 0 Å². The van der Waals surface area contributed by atoms with Crippen LogP contribution in [-0.2, 0) is 6.42 Å². The number of hydrogen-bond acceptors (Lipinski definition) is 2. The van der Waals surface area contributed by atoms with Crippen molar-refractivity contribution in [2.45, 2.75) is 26.3 Å². The molecular weight excluding hydrogens is 346 g/mol. The van der Waals surface area contributed by atoms with Gasteiger partial charge < -0.3 is 0 Å². The van der Waals surface area contributed by atoms with Gasteiger partial charge in [0.2, 0.25) is 0 Å². The highest BCUT2D eigenvalue weighted by Crippen LogP contribution is 2.29. The molecule has 1 aliphatic rings. The van der Waals surface area contributed by atoms with Crippen LogP contribution >= 0.6 is 12.2 Å². The van der Waals surface area contributed by atoms with Gasteiger partial charge in [-0.1, -0.05) is 98.9 Å². The van der Waals surface area contributed by atoms with Crippen molar-refractivity contribution in [1.29, 1.82) is 0 Å². The van der Waals surface area contributed by atoms with Crippen molar-refractivity contribution in [1.82, 2.24) is 0 Å². The molecule has 0 N–H and O–H groups in total. The van der Waals surface area contributed by atoms with Gasteiger partial charge in [0.25, 0.3) is 0 Å². The van der Waals surface area contributed by atoms with Gasteiger partial charge in [0.05, 0.1) is 11.8 Å². The molecule has 3 aromatic rings. The quantitative estimate of drug-likeness (QED) is 0.505. The highest BCUT2D eigenvalue weighted by molar-refractivity contribution is 7.80. The fraction of sp³-hybridized carbons (Fsp3) is 0.200. The van der Waals surface area contributed by atoms with Crippen LogP contribution in [0.4, 0.5) is 0 Å². The summed E-state index contributed by atoms with van der Waals surface area (Å²) >= 11 is 5.79. The lowest BCUT2D eigenvalue weighted by Crippen LogP contribution is -2.24. The van der Waals surface area contributed by atoms with Gasteiger partial charge >= 0.3 is 0 Å². The van der Waals surface area contributed by atoms with Crippen LogP contribution in [0.2, 0.25) is 0 Å². The number of thiocarbonyl (C=S) groups is 1. The second-order valence-electron chi connectivity index (χ2n) is 7.41. The number of hydrogen-bond donors (Lipinski definition) is 0. The number of aliphatic imine (C=N–C) groups is 1. The van der Waals surface area contributed by atoms with E-state index in [-0.39, 0.29) is 6.04 Å². The first kappa shape index (κ1) is 17.8. The van der Waals surface area contributed by atoms with E-state index in [4.69, 9.17) is 17.2 Å². The number of benzene rings is 3. The van der Waals surface area contributed by atoms with E-state index in [1.54, 1.807) is 0 Å². The molecule has 2 heteroatoms. The average molecular weight is 370 g/mol. The smallest absolute Gasteiger partial charge is 0.0845 e. The normalized spacial score (nSPS) is 16.6. The third-order valence-electron chi connectivity index (χ3n) is 5.11. The van der Waals surface area contributed by atoms with Crippen molar-refractivity contribution in [2.75, 3.05) is 0 Å². The summed E-state index contributed by atoms with van der Waals surface area (Å²) in [6, 6.07) is 27.8. The Morgan fingerprint density at radius 2 is 1.44 bits per heavy atom. The summed E-state index contributed by atoms with van der Waals surface area (Å²) in [6.45, 7) is 4.41. The molecule has 1 heterocycles. The minimum atomic E-state index is 0.0720. The Bertz CT molecular complexity index is 987. The van der Waals surface area contributed by atoms with E-state index in [0.29, 0.717) is 5.92 Å². The Morgan fingerprint density at radius 3 is 2.07 bits per heavy atom. The summed E-state index contributed by atoms with van der Waals surface area (Å²) in [6.07, 6.45) is 0.808. The molecule has 0 aromatic heterocycles. The van der Waals surface area contributed by atoms with E-state index in [1.807, 2.05) is 6.07 Å². The summed E-state index contributed by atoms with van der Waals surface area (Å²) in [5.41, 5.74) is 7.12. The molecule has 0 spiro atoms. The molecule has 0 fully saturated rings. The van der Waals surface area contributed by atoms with Crippen molar-refractivity contribution in [3.63, 3.8) is 0 Å². The molecule has 1 aliphatic heterocycles. The molecule has 3 aromatic carbocycles. The lowest BCUT2D eigenvalue weighted by atomic mass is 9.91. The van der Waals surface area contributed by atoms with Crippen molar-refractivity contribution in [3.8, 4) is 11.1 Å². The first-order valence-electron chi connectivity index (χ1n) is 9.48. The largest absolute Gasteiger partial charge is 0.275 e. The SMILES string of the molecule is CC(C)[C@@H]1N=C(c2ccccc2)c2cc(-c3ccccc3)ccc2CC1=S. The van der Waals surface area contributed by atoms with E-state index < -0.39 is 0 Å². The Morgan fingerprint density at radius 1 is 0.815 bits per heavy atom. The molecule has 1 nitrogen and oxygen atoms in total. The van der Waals surface area contributed by atoms with Gasteiger partial charge in [-0.2, -0.15) is 0 Å². The van der Waals surface area contributed by atoms with Gasteiger partial charge in [0.1, 0.15) is 0 Å². The van der Waals surface area contributed by atoms with Gasteiger partial charge in [0, 0.05) is 22.4 Å². The van der Waals surface area contributed by atoms with Gasteiger partial charge in [-0.05, 0) is 28.7 Å². The van der Waals surface area contributed by atoms with Crippen LogP contribution < -0.4 is 0 Å². The summed E-state index contributed by atoms with van der Waals surface area (Å²) in [5.74, 6) is 0.388. The van der Waals surface area contributed by atoms with E-state index in [9.17, 15) is 0 Å². The highest BCUT2D eigenvalue weighted by atomic mass is 32.1. The summed E-state index contributed by atoms with van der Waals surface area (Å²) < 4.78 is 0. The zero-order chi connectivity index (χ0) is 18.8. The van der Waals surface area contributed by atoms with Crippen LogP contribution in [-0.4, -0.2) is 16.6 Å². The van der Waals surface area contributed by atoms with Crippen LogP contribution in [0.15, 0.2) is 83.9 Å². The first-order valence-corrected chi connectivity index (χ1v) is 9.89. The van der Waals surface area contributed by atoms with Crippen LogP contribution in [0.25, 0.3) is 11.1 Å². The van der Waals surface area contributed by atoms with E-state index >= 15 is 0 Å². The molecule has 0 aliphatic carbocycles. The maximum Gasteiger partial charge on any atom is 0.0845 e. The van der Waals surface area contributed by atoms with Crippen LogP contribution in [0.1, 0.15) is 30.5 Å². The molecule has 0 amide bonds. The van der Waals surface area contributed by atoms with Crippen LogP contribution in [0, 0.1) is 5.92 Å². The highest BCUT2D eigenvalue weighted by Gasteiger charge is 2.25. The van der Waals surface area contributed by atoms with Gasteiger partial charge in [-0.25, -0.2) is 0 Å². The Hall–Kier alpha value is -2.58. The topological polar surface area (TPSA) is 12.4 Å². The third kappa shape index (κ3) is 3.63. The summed E-state index contributed by atoms with van der Waals surface area (Å²) in [5, 5.41) is 0. The predicted molar refractivity (Wildman–Crippen MR) is 119 cm³/mol. The first-order chi connectivity index (χ1) is 13.1. The van der Waals surface area contributed by atoms with E-state index in [1.165, 1.54) is 22.3 Å². The maximum absolute atomic E-state index is 5.79. The van der Waals surface area contributed by atoms with Crippen molar-refractivity contribution in [3.05, 3.63) is 95.6 Å². The minimum Gasteiger partial charge on any atom is -0.275 e. The van der Waals surface area contributed by atoms with E-state index in [2.05, 4.69) is 86.6 Å². The molecule has 0 saturated heterocycles. The molecule has 0 bridgehead atoms. The zero-order valence-electron chi connectivity index (χ0n) is 15.7. The Kier molecular flexibility index (Phi) is 5.00. The monoisotopic (exact) mass is 369 g/mol. The van der Waals surface area contributed by atoms with Crippen molar-refractivity contribution in [2.24, 2.45) is 10.9 Å². The molecule has 4 rings (SSSR count). The molecule has 27 heavy (non-hydrogen) atoms. The number of rotatable bonds is 3. The van der Waals surface area contributed by atoms with Gasteiger partial charge in [-0.15, -0.1) is 0 Å². The van der Waals surface area contributed by atoms with Gasteiger partial charge in [-0.3, -0.25) is 4.99 Å². The van der Waals surface area contributed by atoms with Crippen molar-refractivity contribution >= 4 is 22.8 Å². The molecule has 0 radical (unpaired) electrons. The lowest BCUT2D eigenvalue weighted by molar-refractivity contribution is 0.599. The maximum atomic E-state index is 5.79. The molecule has 134 valence electrons. The fourth-order valence-corrected chi connectivity index (χ4v) is 4.16. The molecule has 0 unspecified atom stereocenters. The summed E-state index contributed by atoms with van der Waals surface area (Å²) in [4.78, 5) is 6.21. The minimum absolute atomic E-state index is 0.0720. The lowest BCUT2D eigenvalue weighted by Gasteiger charge is -2.16. The second-order valence-corrected chi connectivity index (χ2v) is 7.94. The zero-order valence-corrected chi connectivity index (χ0v) is 16.5. The van der Waals surface area contributed by atoms with Crippen LogP contribution in [0.5, 0.6) is 0 Å². The summed E-state index contributed by atoms with van der Waals surface area (Å²) in [7, 11) is 0. The standard InChI is InChI=1S/C25H23NS/c1-17(2)24-23(27)16-21-14-13-20(18-9-5-3-6-10-18)15-22(21)25(26-24)19-11-7-4-8-12-19/h3-15,17,24H,16H2,1-2H3/t24-/m0/s1. The molecular formula is C25H23NS. The molecule has 0 saturated carbocycles. The van der Waals surface area contributed by atoms with Crippen LogP contribution in [0.3, 0.4) is 0 Å². The van der Waals surface area contributed by atoms with Gasteiger partial charge in [0.15, 0.2) is 0 Å². The van der Waals surface area contributed by atoms with E-state index in [0.717, 1.165) is 22.6 Å². The molecule has 1 atom stereocenters. The number of fused-ring (bicyclic) bond motifs is 1.